The van der Waals surface area contributed by atoms with E-state index in [1.54, 1.807) is 32.6 Å². The van der Waals surface area contributed by atoms with Crippen molar-refractivity contribution in [2.75, 3.05) is 0 Å². The zero-order valence-corrected chi connectivity index (χ0v) is 20.5. The average Bonchev–Trinajstić information content (AvgIpc) is 3.70. The number of nitrogens with zero attached hydrogens (tertiary/aromatic N) is 6. The predicted octanol–water partition coefficient (Wildman–Crippen LogP) is 5.01. The van der Waals surface area contributed by atoms with E-state index < -0.39 is 0 Å². The first-order valence-electron chi connectivity index (χ1n) is 10.3. The molecule has 7 heteroatoms. The third kappa shape index (κ3) is 7.23. The molecule has 3 aromatic heterocycles. The molecular weight excluding hydrogens is 601 g/mol. The molecule has 0 fully saturated rings. The molecule has 0 saturated carbocycles. The first kappa shape index (κ1) is 24.6. The minimum atomic E-state index is 0. The second-order valence-electron chi connectivity index (χ2n) is 6.60. The van der Waals surface area contributed by atoms with Crippen LogP contribution in [0, 0.1) is 18.2 Å². The third-order valence-corrected chi connectivity index (χ3v) is 4.33. The van der Waals surface area contributed by atoms with Crippen molar-refractivity contribution in [2.45, 2.75) is 0 Å². The summed E-state index contributed by atoms with van der Waals surface area (Å²) < 4.78 is 5.33. The van der Waals surface area contributed by atoms with Gasteiger partial charge in [0.2, 0.25) is 0 Å². The maximum atomic E-state index is 4.07. The minimum Gasteiger partial charge on any atom is -0.266 e. The molecule has 0 radical (unpaired) electrons. The number of hydrogen-bond acceptors (Lipinski definition) is 3. The van der Waals surface area contributed by atoms with Crippen LogP contribution in [-0.4, -0.2) is 29.3 Å². The Morgan fingerprint density at radius 3 is 0.971 bits per heavy atom. The van der Waals surface area contributed by atoms with E-state index in [1.807, 2.05) is 110 Å². The summed E-state index contributed by atoms with van der Waals surface area (Å²) in [7, 11) is 0. The zero-order chi connectivity index (χ0) is 22.6. The number of aromatic nitrogens is 6. The van der Waals surface area contributed by atoms with E-state index in [0.717, 1.165) is 17.1 Å². The summed E-state index contributed by atoms with van der Waals surface area (Å²) in [6.07, 6.45) is 10.9. The van der Waals surface area contributed by atoms with Crippen molar-refractivity contribution in [3.05, 3.63) is 146 Å². The quantitative estimate of drug-likeness (QED) is 0.261. The molecular formula is C27H21IrN6. The molecule has 0 spiro atoms. The maximum Gasteiger partial charge on any atom is 3.00 e. The first-order chi connectivity index (χ1) is 16.4. The largest absolute Gasteiger partial charge is 3.00 e. The van der Waals surface area contributed by atoms with Crippen LogP contribution in [0.15, 0.2) is 128 Å². The van der Waals surface area contributed by atoms with Gasteiger partial charge in [0.25, 0.3) is 0 Å². The van der Waals surface area contributed by atoms with Gasteiger partial charge in [-0.2, -0.15) is 88.1 Å². The maximum absolute atomic E-state index is 4.07. The van der Waals surface area contributed by atoms with Crippen LogP contribution in [0.1, 0.15) is 0 Å². The normalized spacial score (nSPS) is 9.53. The van der Waals surface area contributed by atoms with Crippen molar-refractivity contribution < 1.29 is 20.1 Å². The van der Waals surface area contributed by atoms with E-state index in [0.29, 0.717) is 0 Å². The van der Waals surface area contributed by atoms with Crippen LogP contribution in [-0.2, 0) is 20.1 Å². The Morgan fingerprint density at radius 1 is 0.441 bits per heavy atom. The van der Waals surface area contributed by atoms with E-state index in [9.17, 15) is 0 Å². The predicted molar refractivity (Wildman–Crippen MR) is 127 cm³/mol. The molecule has 0 saturated heterocycles. The summed E-state index contributed by atoms with van der Waals surface area (Å²) in [5, 5.41) is 12.2. The van der Waals surface area contributed by atoms with Gasteiger partial charge in [-0.05, 0) is 35.3 Å². The summed E-state index contributed by atoms with van der Waals surface area (Å²) in [5.41, 5.74) is 2.91. The summed E-state index contributed by atoms with van der Waals surface area (Å²) >= 11 is 0. The van der Waals surface area contributed by atoms with Crippen LogP contribution in [0.3, 0.4) is 0 Å². The Morgan fingerprint density at radius 2 is 0.765 bits per heavy atom. The monoisotopic (exact) mass is 622 g/mol. The van der Waals surface area contributed by atoms with Gasteiger partial charge in [0.05, 0.1) is 0 Å². The first-order valence-corrected chi connectivity index (χ1v) is 10.3. The number of rotatable bonds is 3. The number of benzene rings is 3. The SMILES string of the molecule is [Ir+3].[c-]1ccccc1-n1cccn1.[c-]1ccccc1-n1cccn1.[c-]1ccccc1-n1cccn1. The molecule has 3 heterocycles. The van der Waals surface area contributed by atoms with Gasteiger partial charge in [-0.3, -0.25) is 14.0 Å². The summed E-state index contributed by atoms with van der Waals surface area (Å²) in [6, 6.07) is 38.1. The van der Waals surface area contributed by atoms with E-state index in [4.69, 9.17) is 0 Å². The average molecular weight is 622 g/mol. The molecule has 0 aliphatic rings. The molecule has 0 aliphatic heterocycles. The summed E-state index contributed by atoms with van der Waals surface area (Å²) in [5.74, 6) is 0. The van der Waals surface area contributed by atoms with Crippen molar-refractivity contribution in [3.8, 4) is 17.1 Å². The van der Waals surface area contributed by atoms with Gasteiger partial charge in [0.1, 0.15) is 0 Å². The van der Waals surface area contributed by atoms with E-state index in [2.05, 4.69) is 33.5 Å². The fraction of sp³-hybridized carbons (Fsp3) is 0. The van der Waals surface area contributed by atoms with Crippen molar-refractivity contribution in [3.63, 3.8) is 0 Å². The molecule has 0 unspecified atom stereocenters. The smallest absolute Gasteiger partial charge is 0.266 e. The molecule has 0 atom stereocenters. The van der Waals surface area contributed by atoms with Crippen LogP contribution < -0.4 is 0 Å². The third-order valence-electron chi connectivity index (χ3n) is 4.33. The van der Waals surface area contributed by atoms with Gasteiger partial charge >= 0.3 is 20.1 Å². The molecule has 3 aromatic carbocycles. The van der Waals surface area contributed by atoms with Crippen LogP contribution >= 0.6 is 0 Å². The van der Waals surface area contributed by atoms with Crippen molar-refractivity contribution in [2.24, 2.45) is 0 Å². The van der Waals surface area contributed by atoms with Crippen LogP contribution in [0.25, 0.3) is 17.1 Å². The van der Waals surface area contributed by atoms with Crippen LogP contribution in [0.2, 0.25) is 0 Å². The molecule has 0 aliphatic carbocycles. The molecule has 0 N–H and O–H groups in total. The molecule has 34 heavy (non-hydrogen) atoms. The van der Waals surface area contributed by atoms with Crippen LogP contribution in [0.5, 0.6) is 0 Å². The van der Waals surface area contributed by atoms with Crippen molar-refractivity contribution >= 4 is 0 Å². The fourth-order valence-corrected chi connectivity index (χ4v) is 2.81. The molecule has 168 valence electrons. The van der Waals surface area contributed by atoms with Gasteiger partial charge < -0.3 is 0 Å². The second kappa shape index (κ2) is 13.5. The van der Waals surface area contributed by atoms with Gasteiger partial charge in [-0.1, -0.05) is 0 Å². The Labute approximate surface area is 212 Å². The molecule has 6 rings (SSSR count). The van der Waals surface area contributed by atoms with E-state index >= 15 is 0 Å². The van der Waals surface area contributed by atoms with Gasteiger partial charge in [-0.15, -0.1) is 18.2 Å². The topological polar surface area (TPSA) is 53.5 Å². The Hall–Kier alpha value is -4.06. The van der Waals surface area contributed by atoms with E-state index in [-0.39, 0.29) is 20.1 Å². The van der Waals surface area contributed by atoms with Gasteiger partial charge in [-0.25, -0.2) is 0 Å². The Balaban J connectivity index is 0.000000141. The van der Waals surface area contributed by atoms with E-state index in [1.165, 1.54) is 0 Å². The Bertz CT molecular complexity index is 1100. The molecule has 0 amide bonds. The Kier molecular flexibility index (Phi) is 9.74. The zero-order valence-electron chi connectivity index (χ0n) is 18.1. The number of hydrogen-bond donors (Lipinski definition) is 0. The van der Waals surface area contributed by atoms with Crippen molar-refractivity contribution in [1.29, 1.82) is 0 Å². The van der Waals surface area contributed by atoms with Gasteiger partial charge in [0, 0.05) is 37.2 Å². The molecule has 6 aromatic rings. The second-order valence-corrected chi connectivity index (χ2v) is 6.60. The fourth-order valence-electron chi connectivity index (χ4n) is 2.81. The minimum absolute atomic E-state index is 0. The van der Waals surface area contributed by atoms with Gasteiger partial charge in [0.15, 0.2) is 0 Å². The summed E-state index contributed by atoms with van der Waals surface area (Å²) in [4.78, 5) is 0. The van der Waals surface area contributed by atoms with Crippen LogP contribution in [0.4, 0.5) is 0 Å². The number of para-hydroxylation sites is 3. The molecule has 6 nitrogen and oxygen atoms in total. The molecule has 0 bridgehead atoms. The van der Waals surface area contributed by atoms with Crippen molar-refractivity contribution in [1.82, 2.24) is 29.3 Å². The summed E-state index contributed by atoms with van der Waals surface area (Å²) in [6.45, 7) is 0. The standard InChI is InChI=1S/3C9H7N2.Ir/c3*1-2-5-9(6-3-1)11-8-4-7-10-11;/h3*1-5,7-8H;/q3*-1;+3.